The molecule has 0 aliphatic carbocycles. The summed E-state index contributed by atoms with van der Waals surface area (Å²) in [6.07, 6.45) is 13.4. The highest BCUT2D eigenvalue weighted by atomic mass is 32.2. The molecule has 3 unspecified atom stereocenters. The molecule has 3 rings (SSSR count). The van der Waals surface area contributed by atoms with Crippen LogP contribution in [0.15, 0.2) is 71.6 Å². The Morgan fingerprint density at radius 1 is 1.15 bits per heavy atom. The van der Waals surface area contributed by atoms with E-state index < -0.39 is 10.8 Å². The highest BCUT2D eigenvalue weighted by Crippen LogP contribution is 2.41. The fraction of sp³-hybridized carbons (Fsp3) is 0.333. The molecule has 1 aromatic rings. The average molecular weight is 371 g/mol. The Balaban J connectivity index is 2.11. The molecule has 2 aliphatic heterocycles. The van der Waals surface area contributed by atoms with Crippen LogP contribution in [0.2, 0.25) is 0 Å². The van der Waals surface area contributed by atoms with Crippen molar-refractivity contribution in [2.45, 2.75) is 32.7 Å². The predicted molar refractivity (Wildman–Crippen MR) is 108 cm³/mol. The fourth-order valence-corrected chi connectivity index (χ4v) is 5.25. The van der Waals surface area contributed by atoms with Gasteiger partial charge < -0.3 is 15.7 Å². The standard InChI is InChI=1S/C21H26N2O2S/c1-3-21(2)14-18-20(26(25)15-21)19(16-8-10-17(24)11-9-16)23-13-7-5-4-6-12-22-18/h4-13,19,22-24H,3,14-15H2,1-2H3/b5-4-,12-6+,13-7+. The van der Waals surface area contributed by atoms with Crippen molar-refractivity contribution < 1.29 is 9.32 Å². The number of phenolic OH excluding ortho intramolecular Hbond substituents is 1. The number of nitrogens with one attached hydrogen (secondary N) is 2. The van der Waals surface area contributed by atoms with Gasteiger partial charge in [0.1, 0.15) is 5.75 Å². The molecule has 0 bridgehead atoms. The number of aromatic hydroxyl groups is 1. The van der Waals surface area contributed by atoms with Crippen molar-refractivity contribution in [1.82, 2.24) is 10.6 Å². The molecule has 5 heteroatoms. The molecule has 0 saturated heterocycles. The first-order chi connectivity index (χ1) is 12.5. The summed E-state index contributed by atoms with van der Waals surface area (Å²) >= 11 is 0. The van der Waals surface area contributed by atoms with Crippen LogP contribution in [0.3, 0.4) is 0 Å². The zero-order valence-corrected chi connectivity index (χ0v) is 16.1. The average Bonchev–Trinajstić information content (AvgIpc) is 2.66. The number of rotatable bonds is 2. The lowest BCUT2D eigenvalue weighted by molar-refractivity contribution is 0.342. The molecule has 0 radical (unpaired) electrons. The molecule has 138 valence electrons. The van der Waals surface area contributed by atoms with Crippen molar-refractivity contribution in [3.8, 4) is 5.75 Å². The van der Waals surface area contributed by atoms with Crippen LogP contribution in [0.5, 0.6) is 5.75 Å². The van der Waals surface area contributed by atoms with Crippen LogP contribution in [0.1, 0.15) is 38.3 Å². The molecule has 1 aromatic carbocycles. The Morgan fingerprint density at radius 3 is 2.54 bits per heavy atom. The quantitative estimate of drug-likeness (QED) is 0.737. The summed E-state index contributed by atoms with van der Waals surface area (Å²) in [7, 11) is -1.10. The summed E-state index contributed by atoms with van der Waals surface area (Å²) < 4.78 is 13.3. The second-order valence-corrected chi connectivity index (χ2v) is 8.53. The number of allylic oxidation sites excluding steroid dienone is 5. The van der Waals surface area contributed by atoms with E-state index in [-0.39, 0.29) is 17.2 Å². The smallest absolute Gasteiger partial charge is 0.115 e. The number of hydrogen-bond donors (Lipinski definition) is 3. The van der Waals surface area contributed by atoms with Gasteiger partial charge in [-0.2, -0.15) is 0 Å². The van der Waals surface area contributed by atoms with Gasteiger partial charge in [-0.15, -0.1) is 0 Å². The molecule has 0 spiro atoms. The topological polar surface area (TPSA) is 61.4 Å². The summed E-state index contributed by atoms with van der Waals surface area (Å²) in [5.41, 5.74) is 2.02. The summed E-state index contributed by atoms with van der Waals surface area (Å²) in [6, 6.07) is 6.88. The minimum atomic E-state index is -1.10. The van der Waals surface area contributed by atoms with Crippen molar-refractivity contribution in [3.05, 3.63) is 77.1 Å². The van der Waals surface area contributed by atoms with Crippen LogP contribution in [0, 0.1) is 5.41 Å². The largest absolute Gasteiger partial charge is 0.508 e. The third-order valence-corrected chi connectivity index (χ3v) is 6.95. The summed E-state index contributed by atoms with van der Waals surface area (Å²) in [4.78, 5) is 0.887. The van der Waals surface area contributed by atoms with Crippen LogP contribution in [-0.2, 0) is 10.8 Å². The van der Waals surface area contributed by atoms with Crippen LogP contribution in [0.4, 0.5) is 0 Å². The molecule has 0 amide bonds. The number of benzene rings is 1. The van der Waals surface area contributed by atoms with Crippen molar-refractivity contribution >= 4 is 10.8 Å². The Kier molecular flexibility index (Phi) is 5.67. The zero-order valence-electron chi connectivity index (χ0n) is 15.2. The van der Waals surface area contributed by atoms with Gasteiger partial charge >= 0.3 is 0 Å². The van der Waals surface area contributed by atoms with Gasteiger partial charge in [0.05, 0.1) is 21.7 Å². The second-order valence-electron chi connectivity index (χ2n) is 7.11. The third-order valence-electron chi connectivity index (χ3n) is 5.01. The monoisotopic (exact) mass is 370 g/mol. The SMILES string of the molecule is CCC1(C)CC2=C(C(c3ccc(O)cc3)N/C=C/C=C\C=C\N2)S(=O)C1. The molecule has 0 aromatic heterocycles. The van der Waals surface area contributed by atoms with E-state index in [0.717, 1.165) is 29.0 Å². The first-order valence-electron chi connectivity index (χ1n) is 8.94. The van der Waals surface area contributed by atoms with E-state index in [2.05, 4.69) is 24.5 Å². The Morgan fingerprint density at radius 2 is 1.85 bits per heavy atom. The van der Waals surface area contributed by atoms with Gasteiger partial charge in [-0.3, -0.25) is 4.21 Å². The van der Waals surface area contributed by atoms with E-state index >= 15 is 0 Å². The van der Waals surface area contributed by atoms with Crippen LogP contribution >= 0.6 is 0 Å². The van der Waals surface area contributed by atoms with E-state index in [0.29, 0.717) is 5.75 Å². The van der Waals surface area contributed by atoms with Crippen molar-refractivity contribution in [2.24, 2.45) is 5.41 Å². The Labute approximate surface area is 157 Å². The van der Waals surface area contributed by atoms with Crippen LogP contribution in [-0.4, -0.2) is 15.1 Å². The first kappa shape index (κ1) is 18.5. The molecule has 2 aliphatic rings. The lowest BCUT2D eigenvalue weighted by Crippen LogP contribution is -2.36. The highest BCUT2D eigenvalue weighted by Gasteiger charge is 2.37. The van der Waals surface area contributed by atoms with Crippen molar-refractivity contribution in [3.63, 3.8) is 0 Å². The molecular weight excluding hydrogens is 344 g/mol. The fourth-order valence-electron chi connectivity index (χ4n) is 3.28. The molecule has 3 N–H and O–H groups in total. The molecule has 26 heavy (non-hydrogen) atoms. The van der Waals surface area contributed by atoms with Crippen molar-refractivity contribution in [2.75, 3.05) is 5.75 Å². The number of hydrogen-bond acceptors (Lipinski definition) is 4. The Hall–Kier alpha value is -2.27. The normalized spacial score (nSPS) is 32.4. The van der Waals surface area contributed by atoms with Gasteiger partial charge in [0.15, 0.2) is 0 Å². The molecule has 0 saturated carbocycles. The highest BCUT2D eigenvalue weighted by molar-refractivity contribution is 7.89. The minimum Gasteiger partial charge on any atom is -0.508 e. The lowest BCUT2D eigenvalue weighted by Gasteiger charge is -2.37. The molecule has 4 nitrogen and oxygen atoms in total. The lowest BCUT2D eigenvalue weighted by atomic mass is 9.83. The van der Waals surface area contributed by atoms with E-state index in [1.807, 2.05) is 48.8 Å². The third kappa shape index (κ3) is 4.10. The first-order valence-corrected chi connectivity index (χ1v) is 10.3. The maximum atomic E-state index is 13.3. The van der Waals surface area contributed by atoms with Crippen molar-refractivity contribution in [1.29, 1.82) is 0 Å². The number of phenols is 1. The van der Waals surface area contributed by atoms with Crippen LogP contribution < -0.4 is 10.6 Å². The Bertz CT molecular complexity index is 793. The van der Waals surface area contributed by atoms with E-state index in [1.54, 1.807) is 12.1 Å². The van der Waals surface area contributed by atoms with E-state index in [4.69, 9.17) is 0 Å². The maximum absolute atomic E-state index is 13.3. The maximum Gasteiger partial charge on any atom is 0.115 e. The molecule has 2 heterocycles. The summed E-state index contributed by atoms with van der Waals surface area (Å²) in [6.45, 7) is 4.36. The molecule has 0 fully saturated rings. The van der Waals surface area contributed by atoms with E-state index in [9.17, 15) is 9.32 Å². The minimum absolute atomic E-state index is 0.0237. The molecular formula is C21H26N2O2S. The molecule has 3 atom stereocenters. The van der Waals surface area contributed by atoms with Gasteiger partial charge in [-0.05, 0) is 54.3 Å². The van der Waals surface area contributed by atoms with Gasteiger partial charge in [0, 0.05) is 17.6 Å². The van der Waals surface area contributed by atoms with Gasteiger partial charge in [-0.1, -0.05) is 38.1 Å². The summed E-state index contributed by atoms with van der Waals surface area (Å²) in [5.74, 6) is 0.883. The van der Waals surface area contributed by atoms with Gasteiger partial charge in [0.2, 0.25) is 0 Å². The van der Waals surface area contributed by atoms with Crippen LogP contribution in [0.25, 0.3) is 0 Å². The second kappa shape index (κ2) is 7.96. The van der Waals surface area contributed by atoms with Gasteiger partial charge in [0.25, 0.3) is 0 Å². The zero-order chi connectivity index (χ0) is 18.6. The summed E-state index contributed by atoms with van der Waals surface area (Å²) in [5, 5.41) is 16.4. The predicted octanol–water partition coefficient (Wildman–Crippen LogP) is 3.99. The van der Waals surface area contributed by atoms with E-state index in [1.165, 1.54) is 0 Å². The van der Waals surface area contributed by atoms with Gasteiger partial charge in [-0.25, -0.2) is 0 Å².